The maximum absolute atomic E-state index is 12.8. The van der Waals surface area contributed by atoms with Crippen molar-refractivity contribution >= 4 is 5.91 Å². The fraction of sp³-hybridized carbons (Fsp3) is 0.900. The lowest BCUT2D eigenvalue weighted by atomic mass is 9.90. The third kappa shape index (κ3) is 2.90. The third-order valence-corrected chi connectivity index (χ3v) is 3.16. The SMILES string of the molecule is CNCC(=O)N1CCC(OC)(C(F)(F)F)CC1. The maximum atomic E-state index is 12.8. The largest absolute Gasteiger partial charge is 0.417 e. The van der Waals surface area contributed by atoms with Gasteiger partial charge in [-0.2, -0.15) is 13.2 Å². The summed E-state index contributed by atoms with van der Waals surface area (Å²) in [7, 11) is 2.69. The number of likely N-dealkylation sites (N-methyl/N-ethyl adjacent to an activating group) is 1. The Morgan fingerprint density at radius 2 is 1.94 bits per heavy atom. The molecule has 0 spiro atoms. The molecule has 0 atom stereocenters. The number of amides is 1. The molecule has 1 amide bonds. The highest BCUT2D eigenvalue weighted by Crippen LogP contribution is 2.41. The molecule has 0 aliphatic carbocycles. The molecular formula is C10H17F3N2O2. The van der Waals surface area contributed by atoms with Crippen molar-refractivity contribution in [2.75, 3.05) is 33.8 Å². The van der Waals surface area contributed by atoms with Crippen molar-refractivity contribution in [3.63, 3.8) is 0 Å². The van der Waals surface area contributed by atoms with Gasteiger partial charge in [0, 0.05) is 33.0 Å². The van der Waals surface area contributed by atoms with Crippen LogP contribution in [0, 0.1) is 0 Å². The summed E-state index contributed by atoms with van der Waals surface area (Å²) >= 11 is 0. The number of rotatable bonds is 3. The number of hydrogen-bond donors (Lipinski definition) is 1. The van der Waals surface area contributed by atoms with Crippen LogP contribution in [0.3, 0.4) is 0 Å². The first-order chi connectivity index (χ1) is 7.86. The van der Waals surface area contributed by atoms with E-state index in [0.29, 0.717) is 0 Å². The molecular weight excluding hydrogens is 237 g/mol. The normalized spacial score (nSPS) is 20.4. The van der Waals surface area contributed by atoms with Crippen LogP contribution < -0.4 is 5.32 Å². The van der Waals surface area contributed by atoms with E-state index < -0.39 is 11.8 Å². The Kier molecular flexibility index (Phi) is 4.37. The fourth-order valence-electron chi connectivity index (χ4n) is 1.98. The first-order valence-corrected chi connectivity index (χ1v) is 5.40. The number of likely N-dealkylation sites (tertiary alicyclic amines) is 1. The van der Waals surface area contributed by atoms with Gasteiger partial charge in [-0.1, -0.05) is 0 Å². The van der Waals surface area contributed by atoms with Crippen LogP contribution in [0.4, 0.5) is 13.2 Å². The number of hydrogen-bond acceptors (Lipinski definition) is 3. The molecule has 1 aliphatic heterocycles. The molecule has 1 N–H and O–H groups in total. The molecule has 1 saturated heterocycles. The van der Waals surface area contributed by atoms with Gasteiger partial charge in [0.2, 0.25) is 5.91 Å². The monoisotopic (exact) mass is 254 g/mol. The minimum Gasteiger partial charge on any atom is -0.369 e. The van der Waals surface area contributed by atoms with Crippen molar-refractivity contribution in [2.45, 2.75) is 24.6 Å². The van der Waals surface area contributed by atoms with E-state index in [1.165, 1.54) is 4.90 Å². The topological polar surface area (TPSA) is 41.6 Å². The molecule has 0 aromatic rings. The lowest BCUT2D eigenvalue weighted by molar-refractivity contribution is -0.281. The van der Waals surface area contributed by atoms with Crippen molar-refractivity contribution in [3.05, 3.63) is 0 Å². The standard InChI is InChI=1S/C10H17F3N2O2/c1-14-7-8(16)15-5-3-9(17-2,4-6-15)10(11,12)13/h14H,3-7H2,1-2H3. The smallest absolute Gasteiger partial charge is 0.369 e. The lowest BCUT2D eigenvalue weighted by Crippen LogP contribution is -2.56. The minimum atomic E-state index is -4.39. The quantitative estimate of drug-likeness (QED) is 0.809. The molecule has 1 heterocycles. The molecule has 0 saturated carbocycles. The van der Waals surface area contributed by atoms with Crippen molar-refractivity contribution in [2.24, 2.45) is 0 Å². The van der Waals surface area contributed by atoms with Gasteiger partial charge in [0.1, 0.15) is 0 Å². The van der Waals surface area contributed by atoms with Gasteiger partial charge in [-0.05, 0) is 7.05 Å². The Bertz CT molecular complexity index is 273. The summed E-state index contributed by atoms with van der Waals surface area (Å²) in [6.45, 7) is 0.299. The zero-order chi connectivity index (χ0) is 13.1. The Balaban J connectivity index is 2.63. The van der Waals surface area contributed by atoms with Crippen LogP contribution in [-0.4, -0.2) is 56.4 Å². The molecule has 0 aromatic heterocycles. The Morgan fingerprint density at radius 1 is 1.41 bits per heavy atom. The van der Waals surface area contributed by atoms with E-state index in [1.807, 2.05) is 0 Å². The Morgan fingerprint density at radius 3 is 2.29 bits per heavy atom. The number of carbonyl (C=O) groups is 1. The zero-order valence-corrected chi connectivity index (χ0v) is 9.93. The van der Waals surface area contributed by atoms with Crippen LogP contribution in [0.2, 0.25) is 0 Å². The van der Waals surface area contributed by atoms with Crippen LogP contribution in [0.15, 0.2) is 0 Å². The van der Waals surface area contributed by atoms with Crippen LogP contribution in [0.5, 0.6) is 0 Å². The summed E-state index contributed by atoms with van der Waals surface area (Å²) in [6.07, 6.45) is -4.80. The van der Waals surface area contributed by atoms with Gasteiger partial charge >= 0.3 is 6.18 Å². The second-order valence-corrected chi connectivity index (χ2v) is 4.11. The van der Waals surface area contributed by atoms with E-state index in [9.17, 15) is 18.0 Å². The van der Waals surface area contributed by atoms with E-state index in [0.717, 1.165) is 7.11 Å². The predicted octanol–water partition coefficient (Wildman–Crippen LogP) is 0.776. The molecule has 1 fully saturated rings. The molecule has 100 valence electrons. The van der Waals surface area contributed by atoms with Crippen LogP contribution in [-0.2, 0) is 9.53 Å². The number of carbonyl (C=O) groups excluding carboxylic acids is 1. The van der Waals surface area contributed by atoms with Crippen molar-refractivity contribution < 1.29 is 22.7 Å². The predicted molar refractivity (Wildman–Crippen MR) is 55.5 cm³/mol. The fourth-order valence-corrected chi connectivity index (χ4v) is 1.98. The summed E-state index contributed by atoms with van der Waals surface area (Å²) in [4.78, 5) is 12.9. The van der Waals surface area contributed by atoms with Gasteiger partial charge in [0.15, 0.2) is 5.60 Å². The van der Waals surface area contributed by atoms with Gasteiger partial charge in [-0.3, -0.25) is 4.79 Å². The Hall–Kier alpha value is -0.820. The summed E-state index contributed by atoms with van der Waals surface area (Å²) in [5.74, 6) is -0.181. The van der Waals surface area contributed by atoms with E-state index in [-0.39, 0.29) is 38.4 Å². The molecule has 0 radical (unpaired) electrons. The Labute approximate surface area is 98.1 Å². The number of nitrogens with one attached hydrogen (secondary N) is 1. The molecule has 0 unspecified atom stereocenters. The van der Waals surface area contributed by atoms with E-state index in [2.05, 4.69) is 10.1 Å². The summed E-state index contributed by atoms with van der Waals surface area (Å²) in [5, 5.41) is 2.69. The van der Waals surface area contributed by atoms with E-state index >= 15 is 0 Å². The number of nitrogens with zero attached hydrogens (tertiary/aromatic N) is 1. The highest BCUT2D eigenvalue weighted by molar-refractivity contribution is 5.78. The van der Waals surface area contributed by atoms with Crippen LogP contribution in [0.25, 0.3) is 0 Å². The van der Waals surface area contributed by atoms with Gasteiger partial charge in [-0.25, -0.2) is 0 Å². The molecule has 1 aliphatic rings. The van der Waals surface area contributed by atoms with Gasteiger partial charge in [0.25, 0.3) is 0 Å². The van der Waals surface area contributed by atoms with Gasteiger partial charge in [-0.15, -0.1) is 0 Å². The van der Waals surface area contributed by atoms with Crippen molar-refractivity contribution in [3.8, 4) is 0 Å². The number of piperidine rings is 1. The van der Waals surface area contributed by atoms with E-state index in [1.54, 1.807) is 7.05 Å². The lowest BCUT2D eigenvalue weighted by Gasteiger charge is -2.41. The van der Waals surface area contributed by atoms with Crippen molar-refractivity contribution in [1.82, 2.24) is 10.2 Å². The minimum absolute atomic E-state index is 0.0772. The number of ether oxygens (including phenoxy) is 1. The summed E-state index contributed by atoms with van der Waals surface area (Å²) in [6, 6.07) is 0. The molecule has 0 aromatic carbocycles. The van der Waals surface area contributed by atoms with Gasteiger partial charge in [0.05, 0.1) is 6.54 Å². The zero-order valence-electron chi connectivity index (χ0n) is 9.93. The molecule has 0 bridgehead atoms. The van der Waals surface area contributed by atoms with Gasteiger partial charge < -0.3 is 15.0 Å². The first-order valence-electron chi connectivity index (χ1n) is 5.40. The first kappa shape index (κ1) is 14.2. The highest BCUT2D eigenvalue weighted by atomic mass is 19.4. The maximum Gasteiger partial charge on any atom is 0.417 e. The number of alkyl halides is 3. The highest BCUT2D eigenvalue weighted by Gasteiger charge is 2.56. The molecule has 4 nitrogen and oxygen atoms in total. The average molecular weight is 254 g/mol. The number of halogens is 3. The second kappa shape index (κ2) is 5.22. The average Bonchev–Trinajstić information content (AvgIpc) is 2.28. The molecule has 17 heavy (non-hydrogen) atoms. The third-order valence-electron chi connectivity index (χ3n) is 3.16. The van der Waals surface area contributed by atoms with Crippen LogP contribution >= 0.6 is 0 Å². The van der Waals surface area contributed by atoms with Crippen molar-refractivity contribution in [1.29, 1.82) is 0 Å². The summed E-state index contributed by atoms with van der Waals surface area (Å²) < 4.78 is 43.1. The molecule has 7 heteroatoms. The number of methoxy groups -OCH3 is 1. The summed E-state index contributed by atoms with van der Waals surface area (Å²) in [5.41, 5.74) is -2.09. The van der Waals surface area contributed by atoms with E-state index in [4.69, 9.17) is 0 Å². The van der Waals surface area contributed by atoms with Crippen LogP contribution in [0.1, 0.15) is 12.8 Å². The molecule has 1 rings (SSSR count). The second-order valence-electron chi connectivity index (χ2n) is 4.11.